The zero-order valence-electron chi connectivity index (χ0n) is 10.4. The van der Waals surface area contributed by atoms with E-state index in [0.29, 0.717) is 11.2 Å². The van der Waals surface area contributed by atoms with E-state index >= 15 is 0 Å². The quantitative estimate of drug-likeness (QED) is 0.894. The van der Waals surface area contributed by atoms with Crippen LogP contribution < -0.4 is 4.90 Å². The molecule has 0 saturated heterocycles. The van der Waals surface area contributed by atoms with E-state index in [4.69, 9.17) is 0 Å². The molecule has 1 heterocycles. The van der Waals surface area contributed by atoms with Gasteiger partial charge in [-0.25, -0.2) is 4.79 Å². The molecule has 2 aromatic rings. The third-order valence-corrected chi connectivity index (χ3v) is 2.92. The predicted molar refractivity (Wildman–Crippen MR) is 70.1 cm³/mol. The summed E-state index contributed by atoms with van der Waals surface area (Å²) in [7, 11) is 0. The van der Waals surface area contributed by atoms with Crippen molar-refractivity contribution in [2.45, 2.75) is 13.8 Å². The van der Waals surface area contributed by atoms with E-state index in [2.05, 4.69) is 10.2 Å². The Balaban J connectivity index is 2.77. The van der Waals surface area contributed by atoms with Crippen LogP contribution in [-0.4, -0.2) is 34.4 Å². The second-order valence-corrected chi connectivity index (χ2v) is 3.89. The Morgan fingerprint density at radius 3 is 2.50 bits per heavy atom. The molecule has 1 N–H and O–H groups in total. The molecule has 1 aromatic carbocycles. The zero-order chi connectivity index (χ0) is 13.1. The van der Waals surface area contributed by atoms with Crippen molar-refractivity contribution in [3.05, 3.63) is 30.0 Å². The van der Waals surface area contributed by atoms with Crippen LogP contribution in [0.1, 0.15) is 24.3 Å². The molecular formula is C13H15N3O2. The molecule has 0 saturated carbocycles. The average molecular weight is 245 g/mol. The van der Waals surface area contributed by atoms with Crippen molar-refractivity contribution in [3.8, 4) is 0 Å². The number of carboxylic acids is 1. The van der Waals surface area contributed by atoms with Gasteiger partial charge in [0.1, 0.15) is 0 Å². The summed E-state index contributed by atoms with van der Waals surface area (Å²) in [4.78, 5) is 13.3. The molecule has 5 heteroatoms. The van der Waals surface area contributed by atoms with Crippen LogP contribution in [-0.2, 0) is 0 Å². The molecule has 0 aliphatic heterocycles. The molecule has 0 amide bonds. The second-order valence-electron chi connectivity index (χ2n) is 3.89. The van der Waals surface area contributed by atoms with Crippen molar-refractivity contribution in [1.82, 2.24) is 10.2 Å². The van der Waals surface area contributed by atoms with Crippen molar-refractivity contribution < 1.29 is 9.90 Å². The third kappa shape index (κ3) is 1.99. The van der Waals surface area contributed by atoms with Crippen LogP contribution in [0.15, 0.2) is 24.3 Å². The second kappa shape index (κ2) is 5.00. The number of aromatic carboxylic acids is 1. The smallest absolute Gasteiger partial charge is 0.358 e. The number of anilines is 1. The number of nitrogens with zero attached hydrogens (tertiary/aromatic N) is 3. The SMILES string of the molecule is CCN(CC)c1c(C(=O)O)nnc2ccccc12. The Kier molecular flexibility index (Phi) is 3.41. The van der Waals surface area contributed by atoms with Crippen molar-refractivity contribution in [2.75, 3.05) is 18.0 Å². The number of aromatic nitrogens is 2. The largest absolute Gasteiger partial charge is 0.476 e. The van der Waals surface area contributed by atoms with E-state index in [-0.39, 0.29) is 5.69 Å². The van der Waals surface area contributed by atoms with Gasteiger partial charge in [-0.15, -0.1) is 10.2 Å². The van der Waals surface area contributed by atoms with Crippen LogP contribution in [0.25, 0.3) is 10.9 Å². The van der Waals surface area contributed by atoms with Crippen LogP contribution in [0.5, 0.6) is 0 Å². The fourth-order valence-corrected chi connectivity index (χ4v) is 2.04. The maximum Gasteiger partial charge on any atom is 0.358 e. The van der Waals surface area contributed by atoms with E-state index < -0.39 is 5.97 Å². The van der Waals surface area contributed by atoms with Gasteiger partial charge >= 0.3 is 5.97 Å². The van der Waals surface area contributed by atoms with Gasteiger partial charge in [-0.1, -0.05) is 18.2 Å². The monoisotopic (exact) mass is 245 g/mol. The number of rotatable bonds is 4. The van der Waals surface area contributed by atoms with E-state index in [9.17, 15) is 9.90 Å². The summed E-state index contributed by atoms with van der Waals surface area (Å²) in [6.07, 6.45) is 0. The average Bonchev–Trinajstić information content (AvgIpc) is 2.40. The lowest BCUT2D eigenvalue weighted by molar-refractivity contribution is 0.0690. The van der Waals surface area contributed by atoms with Crippen LogP contribution in [0, 0.1) is 0 Å². The molecule has 0 aliphatic rings. The third-order valence-electron chi connectivity index (χ3n) is 2.92. The van der Waals surface area contributed by atoms with Crippen LogP contribution in [0.4, 0.5) is 5.69 Å². The molecule has 0 spiro atoms. The van der Waals surface area contributed by atoms with Gasteiger partial charge in [0.05, 0.1) is 11.2 Å². The highest BCUT2D eigenvalue weighted by Crippen LogP contribution is 2.27. The summed E-state index contributed by atoms with van der Waals surface area (Å²) in [6.45, 7) is 5.44. The Hall–Kier alpha value is -2.17. The summed E-state index contributed by atoms with van der Waals surface area (Å²) in [5.41, 5.74) is 1.37. The first kappa shape index (κ1) is 12.3. The lowest BCUT2D eigenvalue weighted by Crippen LogP contribution is -2.25. The highest BCUT2D eigenvalue weighted by Gasteiger charge is 2.19. The molecule has 1 aromatic heterocycles. The lowest BCUT2D eigenvalue weighted by atomic mass is 10.1. The van der Waals surface area contributed by atoms with Crippen LogP contribution >= 0.6 is 0 Å². The van der Waals surface area contributed by atoms with Gasteiger partial charge in [0.15, 0.2) is 5.69 Å². The maximum atomic E-state index is 11.3. The zero-order valence-corrected chi connectivity index (χ0v) is 10.4. The standard InChI is InChI=1S/C13H15N3O2/c1-3-16(4-2)12-9-7-5-6-8-10(9)14-15-11(12)13(17)18/h5-8H,3-4H2,1-2H3,(H,17,18). The number of carboxylic acid groups (broad SMARTS) is 1. The van der Waals surface area contributed by atoms with Crippen molar-refractivity contribution in [1.29, 1.82) is 0 Å². The van der Waals surface area contributed by atoms with Crippen molar-refractivity contribution in [2.24, 2.45) is 0 Å². The topological polar surface area (TPSA) is 66.3 Å². The highest BCUT2D eigenvalue weighted by atomic mass is 16.4. The van der Waals surface area contributed by atoms with Gasteiger partial charge in [-0.3, -0.25) is 0 Å². The number of hydrogen-bond donors (Lipinski definition) is 1. The first-order valence-corrected chi connectivity index (χ1v) is 5.92. The fourth-order valence-electron chi connectivity index (χ4n) is 2.04. The molecule has 0 unspecified atom stereocenters. The van der Waals surface area contributed by atoms with Gasteiger partial charge < -0.3 is 10.0 Å². The molecule has 0 atom stereocenters. The number of hydrogen-bond acceptors (Lipinski definition) is 4. The number of fused-ring (bicyclic) bond motifs is 1. The number of carbonyl (C=O) groups is 1. The molecule has 18 heavy (non-hydrogen) atoms. The summed E-state index contributed by atoms with van der Waals surface area (Å²) in [6, 6.07) is 7.46. The summed E-state index contributed by atoms with van der Waals surface area (Å²) in [5, 5.41) is 17.9. The minimum atomic E-state index is -1.05. The maximum absolute atomic E-state index is 11.3. The first-order chi connectivity index (χ1) is 8.69. The Morgan fingerprint density at radius 1 is 1.22 bits per heavy atom. The molecule has 5 nitrogen and oxygen atoms in total. The molecular weight excluding hydrogens is 230 g/mol. The highest BCUT2D eigenvalue weighted by molar-refractivity contribution is 6.02. The van der Waals surface area contributed by atoms with E-state index in [0.717, 1.165) is 18.5 Å². The van der Waals surface area contributed by atoms with Gasteiger partial charge in [-0.05, 0) is 19.9 Å². The Bertz CT molecular complexity index is 579. The van der Waals surface area contributed by atoms with E-state index in [1.54, 1.807) is 0 Å². The van der Waals surface area contributed by atoms with E-state index in [1.807, 2.05) is 43.0 Å². The van der Waals surface area contributed by atoms with Crippen molar-refractivity contribution >= 4 is 22.6 Å². The fraction of sp³-hybridized carbons (Fsp3) is 0.308. The summed E-state index contributed by atoms with van der Waals surface area (Å²) >= 11 is 0. The van der Waals surface area contributed by atoms with Crippen LogP contribution in [0.3, 0.4) is 0 Å². The van der Waals surface area contributed by atoms with Crippen molar-refractivity contribution in [3.63, 3.8) is 0 Å². The van der Waals surface area contributed by atoms with E-state index in [1.165, 1.54) is 0 Å². The Morgan fingerprint density at radius 2 is 1.89 bits per heavy atom. The Labute approximate surface area is 105 Å². The van der Waals surface area contributed by atoms with Gasteiger partial charge in [0, 0.05) is 18.5 Å². The molecule has 94 valence electrons. The van der Waals surface area contributed by atoms with Gasteiger partial charge in [-0.2, -0.15) is 0 Å². The minimum Gasteiger partial charge on any atom is -0.476 e. The minimum absolute atomic E-state index is 0.0115. The lowest BCUT2D eigenvalue weighted by Gasteiger charge is -2.23. The molecule has 0 bridgehead atoms. The molecule has 0 fully saturated rings. The van der Waals surface area contributed by atoms with Gasteiger partial charge in [0.2, 0.25) is 0 Å². The normalized spacial score (nSPS) is 10.6. The molecule has 0 aliphatic carbocycles. The number of benzene rings is 1. The predicted octanol–water partition coefficient (Wildman–Crippen LogP) is 2.17. The first-order valence-electron chi connectivity index (χ1n) is 5.92. The molecule has 2 rings (SSSR count). The summed E-state index contributed by atoms with van der Waals surface area (Å²) < 4.78 is 0. The van der Waals surface area contributed by atoms with Gasteiger partial charge in [0.25, 0.3) is 0 Å². The molecule has 0 radical (unpaired) electrons. The van der Waals surface area contributed by atoms with Crippen LogP contribution in [0.2, 0.25) is 0 Å². The summed E-state index contributed by atoms with van der Waals surface area (Å²) in [5.74, 6) is -1.05.